The van der Waals surface area contributed by atoms with Gasteiger partial charge in [0, 0.05) is 42.6 Å². The van der Waals surface area contributed by atoms with Gasteiger partial charge in [0.15, 0.2) is 5.78 Å². The summed E-state index contributed by atoms with van der Waals surface area (Å²) in [7, 11) is 1.63. The van der Waals surface area contributed by atoms with Gasteiger partial charge in [0.1, 0.15) is 35.9 Å². The highest BCUT2D eigenvalue weighted by molar-refractivity contribution is 5.99. The summed E-state index contributed by atoms with van der Waals surface area (Å²) in [5, 5.41) is 3.96. The molecule has 4 aliphatic carbocycles. The predicted molar refractivity (Wildman–Crippen MR) is 157 cm³/mol. The molecule has 8 nitrogen and oxygen atoms in total. The van der Waals surface area contributed by atoms with Crippen molar-refractivity contribution in [2.24, 2.45) is 23.2 Å². The van der Waals surface area contributed by atoms with E-state index in [0.29, 0.717) is 54.0 Å². The first-order chi connectivity index (χ1) is 19.8. The van der Waals surface area contributed by atoms with E-state index in [-0.39, 0.29) is 35.4 Å². The molecule has 2 heterocycles. The fourth-order valence-electron chi connectivity index (χ4n) is 8.38. The first-order valence-corrected chi connectivity index (χ1v) is 15.6. The molecule has 1 N–H and O–H groups in total. The van der Waals surface area contributed by atoms with Gasteiger partial charge in [-0.15, -0.1) is 0 Å². The zero-order valence-corrected chi connectivity index (χ0v) is 24.8. The molecule has 1 aromatic carbocycles. The van der Waals surface area contributed by atoms with E-state index in [0.717, 1.165) is 50.6 Å². The maximum Gasteiger partial charge on any atom is 0.270 e. The SMILES string of the molecule is COCCOc1cc(C(=O)N[C@@H]2CCCN(C(C)C)C2)nc2c(OCC(=O)C34CC5CC(CC(C5)C3)C4)cccc12. The number of nitrogens with zero attached hydrogens (tertiary/aromatic N) is 2. The monoisotopic (exact) mass is 563 g/mol. The van der Waals surface area contributed by atoms with E-state index in [2.05, 4.69) is 24.1 Å². The molecule has 2 aromatic rings. The largest absolute Gasteiger partial charge is 0.490 e. The summed E-state index contributed by atoms with van der Waals surface area (Å²) in [5.41, 5.74) is 0.615. The van der Waals surface area contributed by atoms with Crippen LogP contribution in [0.3, 0.4) is 0 Å². The number of hydrogen-bond donors (Lipinski definition) is 1. The number of benzene rings is 1. The van der Waals surface area contributed by atoms with Crippen molar-refractivity contribution in [1.82, 2.24) is 15.2 Å². The zero-order valence-electron chi connectivity index (χ0n) is 24.8. The second kappa shape index (κ2) is 11.9. The number of carbonyl (C=O) groups excluding carboxylic acids is 2. The van der Waals surface area contributed by atoms with Gasteiger partial charge in [0.25, 0.3) is 5.91 Å². The second-order valence-electron chi connectivity index (χ2n) is 13.3. The van der Waals surface area contributed by atoms with Crippen LogP contribution in [0.4, 0.5) is 0 Å². The average Bonchev–Trinajstić information content (AvgIpc) is 2.95. The summed E-state index contributed by atoms with van der Waals surface area (Å²) in [4.78, 5) is 34.3. The summed E-state index contributed by atoms with van der Waals surface area (Å²) >= 11 is 0. The maximum atomic E-state index is 13.7. The van der Waals surface area contributed by atoms with Gasteiger partial charge in [0.05, 0.1) is 6.61 Å². The molecule has 1 amide bonds. The van der Waals surface area contributed by atoms with Crippen molar-refractivity contribution in [2.75, 3.05) is 40.0 Å². The summed E-state index contributed by atoms with van der Waals surface area (Å²) in [6.07, 6.45) is 8.95. The fourth-order valence-corrected chi connectivity index (χ4v) is 8.38. The number of amides is 1. The van der Waals surface area contributed by atoms with Crippen LogP contribution in [-0.2, 0) is 9.53 Å². The zero-order chi connectivity index (χ0) is 28.6. The lowest BCUT2D eigenvalue weighted by Crippen LogP contribution is -2.51. The van der Waals surface area contributed by atoms with Crippen molar-refractivity contribution in [2.45, 2.75) is 77.3 Å². The third-order valence-electron chi connectivity index (χ3n) is 10.0. The van der Waals surface area contributed by atoms with Crippen LogP contribution in [0.25, 0.3) is 10.9 Å². The number of aromatic nitrogens is 1. The molecule has 0 unspecified atom stereocenters. The molecule has 4 bridgehead atoms. The van der Waals surface area contributed by atoms with Crippen molar-refractivity contribution >= 4 is 22.6 Å². The van der Waals surface area contributed by atoms with Gasteiger partial charge in [-0.05, 0) is 102 Å². The third kappa shape index (κ3) is 5.96. The molecule has 0 radical (unpaired) electrons. The number of likely N-dealkylation sites (tertiary alicyclic amines) is 1. The minimum atomic E-state index is -0.224. The topological polar surface area (TPSA) is 90.0 Å². The Kier molecular flexibility index (Phi) is 8.23. The number of hydrogen-bond acceptors (Lipinski definition) is 7. The number of pyridine rings is 1. The molecule has 41 heavy (non-hydrogen) atoms. The molecule has 7 rings (SSSR count). The van der Waals surface area contributed by atoms with Crippen LogP contribution in [0.2, 0.25) is 0 Å². The van der Waals surface area contributed by atoms with Crippen molar-refractivity contribution in [3.05, 3.63) is 30.0 Å². The van der Waals surface area contributed by atoms with Crippen LogP contribution in [0.1, 0.15) is 75.7 Å². The van der Waals surface area contributed by atoms with Crippen LogP contribution in [-0.4, -0.2) is 73.7 Å². The smallest absolute Gasteiger partial charge is 0.270 e. The molecule has 1 atom stereocenters. The van der Waals surface area contributed by atoms with Crippen molar-refractivity contribution < 1.29 is 23.8 Å². The molecular weight excluding hydrogens is 518 g/mol. The number of para-hydroxylation sites is 1. The Morgan fingerprint density at radius 3 is 2.46 bits per heavy atom. The van der Waals surface area contributed by atoms with Crippen LogP contribution in [0.15, 0.2) is 24.3 Å². The van der Waals surface area contributed by atoms with E-state index >= 15 is 0 Å². The molecule has 4 saturated carbocycles. The second-order valence-corrected chi connectivity index (χ2v) is 13.3. The number of rotatable bonds is 11. The number of carbonyl (C=O) groups is 2. The third-order valence-corrected chi connectivity index (χ3v) is 10.0. The number of methoxy groups -OCH3 is 1. The Morgan fingerprint density at radius 2 is 1.78 bits per heavy atom. The molecule has 0 spiro atoms. The maximum absolute atomic E-state index is 13.7. The van der Waals surface area contributed by atoms with Crippen molar-refractivity contribution in [3.8, 4) is 11.5 Å². The highest BCUT2D eigenvalue weighted by Crippen LogP contribution is 2.60. The Labute approximate surface area is 243 Å². The van der Waals surface area contributed by atoms with Gasteiger partial charge in [-0.2, -0.15) is 0 Å². The number of Topliss-reactive ketones (excluding diaryl/α,β-unsaturated/α-hetero) is 1. The lowest BCUT2D eigenvalue weighted by atomic mass is 9.48. The lowest BCUT2D eigenvalue weighted by Gasteiger charge is -2.55. The van der Waals surface area contributed by atoms with Gasteiger partial charge in [-0.1, -0.05) is 6.07 Å². The molecule has 5 aliphatic rings. The molecule has 1 saturated heterocycles. The summed E-state index contributed by atoms with van der Waals surface area (Å²) < 4.78 is 17.5. The Bertz CT molecular complexity index is 1240. The number of ether oxygens (including phenoxy) is 3. The van der Waals surface area contributed by atoms with Crippen LogP contribution < -0.4 is 14.8 Å². The van der Waals surface area contributed by atoms with E-state index in [1.807, 2.05) is 18.2 Å². The van der Waals surface area contributed by atoms with Gasteiger partial charge in [0.2, 0.25) is 0 Å². The van der Waals surface area contributed by atoms with E-state index in [4.69, 9.17) is 19.2 Å². The molecule has 1 aliphatic heterocycles. The van der Waals surface area contributed by atoms with Gasteiger partial charge < -0.3 is 19.5 Å². The normalized spacial score (nSPS) is 29.2. The average molecular weight is 564 g/mol. The van der Waals surface area contributed by atoms with E-state index in [1.165, 1.54) is 19.3 Å². The summed E-state index contributed by atoms with van der Waals surface area (Å²) in [6.45, 7) is 7.07. The minimum Gasteiger partial charge on any atom is -0.490 e. The summed E-state index contributed by atoms with van der Waals surface area (Å²) in [6, 6.07) is 7.86. The minimum absolute atomic E-state index is 0.0380. The molecule has 222 valence electrons. The van der Waals surface area contributed by atoms with Crippen LogP contribution in [0, 0.1) is 23.2 Å². The van der Waals surface area contributed by atoms with Gasteiger partial charge >= 0.3 is 0 Å². The highest BCUT2D eigenvalue weighted by atomic mass is 16.5. The van der Waals surface area contributed by atoms with Crippen LogP contribution in [0.5, 0.6) is 11.5 Å². The van der Waals surface area contributed by atoms with Gasteiger partial charge in [-0.3, -0.25) is 14.5 Å². The van der Waals surface area contributed by atoms with Crippen molar-refractivity contribution in [1.29, 1.82) is 0 Å². The highest BCUT2D eigenvalue weighted by Gasteiger charge is 2.54. The number of piperidine rings is 1. The molecule has 1 aromatic heterocycles. The number of ketones is 1. The fraction of sp³-hybridized carbons (Fsp3) is 0.667. The van der Waals surface area contributed by atoms with E-state index in [1.54, 1.807) is 13.2 Å². The predicted octanol–water partition coefficient (Wildman–Crippen LogP) is 5.03. The Balaban J connectivity index is 1.23. The molecular formula is C33H45N3O5. The molecule has 8 heteroatoms. The van der Waals surface area contributed by atoms with E-state index < -0.39 is 0 Å². The van der Waals surface area contributed by atoms with Crippen LogP contribution >= 0.6 is 0 Å². The Hall–Kier alpha value is -2.71. The first-order valence-electron chi connectivity index (χ1n) is 15.6. The standard InChI is InChI=1S/C33H45N3O5/c1-21(2)36-9-5-6-25(19-36)34-32(38)27-15-29(40-11-10-39-3)26-7-4-8-28(31(26)35-27)41-20-30(37)33-16-22-12-23(17-33)14-24(13-22)18-33/h4,7-8,15,21-25H,5-6,9-14,16-20H2,1-3H3,(H,34,38)/t22?,23?,24?,25-,33?/m1/s1. The van der Waals surface area contributed by atoms with E-state index in [9.17, 15) is 9.59 Å². The van der Waals surface area contributed by atoms with Gasteiger partial charge in [-0.25, -0.2) is 4.98 Å². The summed E-state index contributed by atoms with van der Waals surface area (Å²) in [5.74, 6) is 3.18. The van der Waals surface area contributed by atoms with Crippen molar-refractivity contribution in [3.63, 3.8) is 0 Å². The Morgan fingerprint density at radius 1 is 1.05 bits per heavy atom. The number of fused-ring (bicyclic) bond motifs is 1. The first kappa shape index (κ1) is 28.4. The lowest BCUT2D eigenvalue weighted by molar-refractivity contribution is -0.145. The quantitative estimate of drug-likeness (QED) is 0.384. The number of nitrogens with one attached hydrogen (secondary N) is 1. The molecule has 5 fully saturated rings.